The number of hydrogen-bond acceptors (Lipinski definition) is 4. The van der Waals surface area contributed by atoms with Crippen molar-refractivity contribution < 1.29 is 14.6 Å². The second-order valence-corrected chi connectivity index (χ2v) is 4.41. The van der Waals surface area contributed by atoms with Crippen LogP contribution in [0.15, 0.2) is 22.7 Å². The van der Waals surface area contributed by atoms with Crippen LogP contribution in [-0.2, 0) is 4.74 Å². The second-order valence-electron chi connectivity index (χ2n) is 3.56. The Hall–Kier alpha value is -1.11. The van der Waals surface area contributed by atoms with Crippen molar-refractivity contribution in [1.29, 1.82) is 0 Å². The molecule has 1 aromatic rings. The molecule has 1 amide bonds. The lowest BCUT2D eigenvalue weighted by atomic mass is 10.2. The lowest BCUT2D eigenvalue weighted by Crippen LogP contribution is -2.34. The Kier molecular flexibility index (Phi) is 5.40. The monoisotopic (exact) mass is 302 g/mol. The van der Waals surface area contributed by atoms with Crippen molar-refractivity contribution in [1.82, 2.24) is 5.32 Å². The molecule has 0 fully saturated rings. The van der Waals surface area contributed by atoms with Crippen LogP contribution in [0.4, 0.5) is 5.69 Å². The van der Waals surface area contributed by atoms with Crippen molar-refractivity contribution in [2.45, 2.75) is 6.10 Å². The van der Waals surface area contributed by atoms with E-state index in [2.05, 4.69) is 21.2 Å². The van der Waals surface area contributed by atoms with Gasteiger partial charge in [-0.05, 0) is 34.1 Å². The van der Waals surface area contributed by atoms with E-state index >= 15 is 0 Å². The number of anilines is 1. The van der Waals surface area contributed by atoms with E-state index in [1.807, 2.05) is 0 Å². The minimum absolute atomic E-state index is 0.142. The molecule has 0 aliphatic carbocycles. The van der Waals surface area contributed by atoms with Gasteiger partial charge in [-0.3, -0.25) is 4.79 Å². The molecule has 0 spiro atoms. The lowest BCUT2D eigenvalue weighted by molar-refractivity contribution is 0.0610. The van der Waals surface area contributed by atoms with Crippen molar-refractivity contribution in [3.8, 4) is 0 Å². The van der Waals surface area contributed by atoms with Gasteiger partial charge in [-0.2, -0.15) is 0 Å². The average molecular weight is 303 g/mol. The van der Waals surface area contributed by atoms with E-state index in [4.69, 9.17) is 10.5 Å². The van der Waals surface area contributed by atoms with Crippen LogP contribution >= 0.6 is 15.9 Å². The summed E-state index contributed by atoms with van der Waals surface area (Å²) in [6.07, 6.45) is -0.711. The quantitative estimate of drug-likeness (QED) is 0.701. The standard InChI is InChI=1S/C11H15BrN2O3/c1-17-6-8(15)5-14-11(16)7-2-3-9(12)10(13)4-7/h2-4,8,15H,5-6,13H2,1H3,(H,14,16). The van der Waals surface area contributed by atoms with Gasteiger partial charge in [0.05, 0.1) is 12.7 Å². The van der Waals surface area contributed by atoms with Crippen molar-refractivity contribution in [2.75, 3.05) is 26.0 Å². The zero-order valence-corrected chi connectivity index (χ0v) is 11.0. The molecular formula is C11H15BrN2O3. The number of ether oxygens (including phenoxy) is 1. The highest BCUT2D eigenvalue weighted by atomic mass is 79.9. The largest absolute Gasteiger partial charge is 0.398 e. The van der Waals surface area contributed by atoms with Gasteiger partial charge in [0.2, 0.25) is 0 Å². The maximum Gasteiger partial charge on any atom is 0.251 e. The van der Waals surface area contributed by atoms with Crippen LogP contribution in [0, 0.1) is 0 Å². The fraction of sp³-hybridized carbons (Fsp3) is 0.364. The highest BCUT2D eigenvalue weighted by molar-refractivity contribution is 9.10. The van der Waals surface area contributed by atoms with Crippen LogP contribution in [0.1, 0.15) is 10.4 Å². The third-order valence-electron chi connectivity index (χ3n) is 2.12. The van der Waals surface area contributed by atoms with E-state index < -0.39 is 6.10 Å². The highest BCUT2D eigenvalue weighted by Gasteiger charge is 2.09. The second kappa shape index (κ2) is 6.58. The Morgan fingerprint density at radius 1 is 1.65 bits per heavy atom. The fourth-order valence-electron chi connectivity index (χ4n) is 1.25. The summed E-state index contributed by atoms with van der Waals surface area (Å²) in [7, 11) is 1.49. The Labute approximate surface area is 108 Å². The summed E-state index contributed by atoms with van der Waals surface area (Å²) in [6, 6.07) is 4.93. The molecule has 1 unspecified atom stereocenters. The number of carbonyl (C=O) groups excluding carboxylic acids is 1. The van der Waals surface area contributed by atoms with Gasteiger partial charge in [0, 0.05) is 29.4 Å². The van der Waals surface area contributed by atoms with Gasteiger partial charge in [-0.1, -0.05) is 0 Å². The number of aliphatic hydroxyl groups is 1. The molecule has 5 nitrogen and oxygen atoms in total. The first-order chi connectivity index (χ1) is 8.04. The summed E-state index contributed by atoms with van der Waals surface area (Å²) < 4.78 is 5.49. The van der Waals surface area contributed by atoms with Crippen molar-refractivity contribution in [3.05, 3.63) is 28.2 Å². The molecule has 0 aromatic heterocycles. The van der Waals surface area contributed by atoms with Crippen LogP contribution in [0.25, 0.3) is 0 Å². The smallest absolute Gasteiger partial charge is 0.251 e. The minimum Gasteiger partial charge on any atom is -0.398 e. The van der Waals surface area contributed by atoms with Gasteiger partial charge >= 0.3 is 0 Å². The topological polar surface area (TPSA) is 84.6 Å². The number of nitrogen functional groups attached to an aromatic ring is 1. The predicted octanol–water partition coefficient (Wildman–Crippen LogP) is 0.768. The molecule has 6 heteroatoms. The first-order valence-electron chi connectivity index (χ1n) is 5.04. The number of nitrogens with one attached hydrogen (secondary N) is 1. The van der Waals surface area contributed by atoms with E-state index in [0.29, 0.717) is 11.3 Å². The van der Waals surface area contributed by atoms with Gasteiger partial charge in [-0.15, -0.1) is 0 Å². The minimum atomic E-state index is -0.711. The predicted molar refractivity (Wildman–Crippen MR) is 68.8 cm³/mol. The van der Waals surface area contributed by atoms with Crippen LogP contribution < -0.4 is 11.1 Å². The third-order valence-corrected chi connectivity index (χ3v) is 2.84. The highest BCUT2D eigenvalue weighted by Crippen LogP contribution is 2.19. The summed E-state index contributed by atoms with van der Waals surface area (Å²) in [5.41, 5.74) is 6.62. The first kappa shape index (κ1) is 14.0. The number of rotatable bonds is 5. The molecule has 94 valence electrons. The number of methoxy groups -OCH3 is 1. The number of halogens is 1. The molecule has 0 aliphatic rings. The van der Waals surface area contributed by atoms with Gasteiger partial charge in [0.1, 0.15) is 0 Å². The van der Waals surface area contributed by atoms with E-state index in [1.54, 1.807) is 18.2 Å². The lowest BCUT2D eigenvalue weighted by Gasteiger charge is -2.11. The molecule has 0 radical (unpaired) electrons. The normalized spacial score (nSPS) is 12.2. The molecule has 0 aliphatic heterocycles. The number of benzene rings is 1. The van der Waals surface area contributed by atoms with Crippen LogP contribution in [0.5, 0.6) is 0 Å². The molecule has 1 atom stereocenters. The zero-order chi connectivity index (χ0) is 12.8. The number of amides is 1. The van der Waals surface area contributed by atoms with E-state index in [-0.39, 0.29) is 19.1 Å². The Bertz CT molecular complexity index is 398. The number of nitrogens with two attached hydrogens (primary N) is 1. The molecule has 0 saturated carbocycles. The van der Waals surface area contributed by atoms with Crippen LogP contribution in [0.3, 0.4) is 0 Å². The van der Waals surface area contributed by atoms with Crippen LogP contribution in [0.2, 0.25) is 0 Å². The van der Waals surface area contributed by atoms with Crippen molar-refractivity contribution in [2.24, 2.45) is 0 Å². The molecular weight excluding hydrogens is 288 g/mol. The van der Waals surface area contributed by atoms with Crippen molar-refractivity contribution in [3.63, 3.8) is 0 Å². The summed E-state index contributed by atoms with van der Waals surface area (Å²) in [5, 5.41) is 12.0. The van der Waals surface area contributed by atoms with E-state index in [0.717, 1.165) is 4.47 Å². The SMILES string of the molecule is COCC(O)CNC(=O)c1ccc(Br)c(N)c1. The maximum absolute atomic E-state index is 11.7. The fourth-order valence-corrected chi connectivity index (χ4v) is 1.50. The number of aliphatic hydroxyl groups excluding tert-OH is 1. The van der Waals surface area contributed by atoms with Crippen LogP contribution in [-0.4, -0.2) is 37.4 Å². The van der Waals surface area contributed by atoms with Gasteiger partial charge in [-0.25, -0.2) is 0 Å². The summed E-state index contributed by atoms with van der Waals surface area (Å²) in [5.74, 6) is -0.278. The van der Waals surface area contributed by atoms with Gasteiger partial charge < -0.3 is 20.9 Å². The molecule has 1 rings (SSSR count). The Balaban J connectivity index is 2.55. The summed E-state index contributed by atoms with van der Waals surface area (Å²) >= 11 is 3.25. The number of carbonyl (C=O) groups is 1. The molecule has 4 N–H and O–H groups in total. The molecule has 0 saturated heterocycles. The average Bonchev–Trinajstić information content (AvgIpc) is 2.30. The summed E-state index contributed by atoms with van der Waals surface area (Å²) in [4.78, 5) is 11.7. The van der Waals surface area contributed by atoms with E-state index in [9.17, 15) is 9.90 Å². The van der Waals surface area contributed by atoms with E-state index in [1.165, 1.54) is 7.11 Å². The van der Waals surface area contributed by atoms with Gasteiger partial charge in [0.25, 0.3) is 5.91 Å². The summed E-state index contributed by atoms with van der Waals surface area (Å²) in [6.45, 7) is 0.325. The maximum atomic E-state index is 11.7. The Morgan fingerprint density at radius 3 is 2.94 bits per heavy atom. The zero-order valence-electron chi connectivity index (χ0n) is 9.44. The third kappa shape index (κ3) is 4.33. The van der Waals surface area contributed by atoms with Crippen molar-refractivity contribution >= 4 is 27.5 Å². The number of hydrogen-bond donors (Lipinski definition) is 3. The molecule has 0 bridgehead atoms. The molecule has 1 aromatic carbocycles. The van der Waals surface area contributed by atoms with Gasteiger partial charge in [0.15, 0.2) is 0 Å². The molecule has 17 heavy (non-hydrogen) atoms. The first-order valence-corrected chi connectivity index (χ1v) is 5.84. The molecule has 0 heterocycles. The Morgan fingerprint density at radius 2 is 2.35 bits per heavy atom.